The monoisotopic (exact) mass is 274 g/mol. The van der Waals surface area contributed by atoms with Crippen LogP contribution in [0, 0.1) is 0 Å². The zero-order valence-corrected chi connectivity index (χ0v) is 10.7. The van der Waals surface area contributed by atoms with Gasteiger partial charge in [-0.25, -0.2) is 4.79 Å². The number of hydrogen-bond acceptors (Lipinski definition) is 5. The molecule has 0 aromatic rings. The fraction of sp³-hybridized carbons (Fsp3) is 0.636. The first-order valence-corrected chi connectivity index (χ1v) is 5.82. The number of carbonyl (C=O) groups is 4. The molecule has 0 aliphatic carbocycles. The largest absolute Gasteiger partial charge is 0.480 e. The Bertz CT molecular complexity index is 355. The molecule has 0 bridgehead atoms. The van der Waals surface area contributed by atoms with E-state index < -0.39 is 29.8 Å². The van der Waals surface area contributed by atoms with Crippen LogP contribution in [-0.4, -0.2) is 41.5 Å². The molecule has 0 radical (unpaired) electrons. The number of carboxylic acid groups (broad SMARTS) is 1. The Morgan fingerprint density at radius 3 is 2.32 bits per heavy atom. The summed E-state index contributed by atoms with van der Waals surface area (Å²) in [5, 5.41) is 11.1. The van der Waals surface area contributed by atoms with Crippen LogP contribution >= 0.6 is 0 Å². The normalized spacial score (nSPS) is 11.4. The van der Waals surface area contributed by atoms with E-state index in [0.29, 0.717) is 0 Å². The molecular formula is C11H18N2O6. The van der Waals surface area contributed by atoms with E-state index in [-0.39, 0.29) is 32.3 Å². The van der Waals surface area contributed by atoms with Crippen molar-refractivity contribution in [2.75, 3.05) is 6.61 Å². The molecule has 0 aliphatic heterocycles. The summed E-state index contributed by atoms with van der Waals surface area (Å²) in [5.41, 5.74) is 4.90. The number of primary amides is 1. The quantitative estimate of drug-likeness (QED) is 0.469. The van der Waals surface area contributed by atoms with Crippen LogP contribution in [0.25, 0.3) is 0 Å². The van der Waals surface area contributed by atoms with Gasteiger partial charge in [0.2, 0.25) is 11.8 Å². The zero-order chi connectivity index (χ0) is 14.8. The molecule has 0 rings (SSSR count). The van der Waals surface area contributed by atoms with Crippen molar-refractivity contribution in [3.05, 3.63) is 0 Å². The van der Waals surface area contributed by atoms with Crippen LogP contribution in [0.1, 0.15) is 32.6 Å². The molecule has 8 heteroatoms. The maximum absolute atomic E-state index is 11.4. The van der Waals surface area contributed by atoms with Crippen molar-refractivity contribution >= 4 is 23.8 Å². The molecule has 2 amide bonds. The second-order valence-electron chi connectivity index (χ2n) is 3.77. The van der Waals surface area contributed by atoms with Crippen LogP contribution in [-0.2, 0) is 23.9 Å². The average molecular weight is 274 g/mol. The molecule has 1 atom stereocenters. The molecule has 0 aromatic carbocycles. The molecule has 0 saturated heterocycles. The lowest BCUT2D eigenvalue weighted by Gasteiger charge is -2.13. The number of aliphatic carboxylic acids is 1. The first-order chi connectivity index (χ1) is 8.86. The second kappa shape index (κ2) is 8.90. The van der Waals surface area contributed by atoms with Gasteiger partial charge in [-0.1, -0.05) is 0 Å². The smallest absolute Gasteiger partial charge is 0.326 e. The van der Waals surface area contributed by atoms with Gasteiger partial charge in [-0.05, 0) is 13.3 Å². The van der Waals surface area contributed by atoms with Gasteiger partial charge >= 0.3 is 11.9 Å². The molecule has 108 valence electrons. The van der Waals surface area contributed by atoms with Gasteiger partial charge in [0.05, 0.1) is 13.0 Å². The number of rotatable bonds is 9. The van der Waals surface area contributed by atoms with Crippen molar-refractivity contribution in [3.8, 4) is 0 Å². The molecule has 0 saturated carbocycles. The lowest BCUT2D eigenvalue weighted by atomic mass is 10.1. The summed E-state index contributed by atoms with van der Waals surface area (Å²) in [6.07, 6.45) is -0.522. The van der Waals surface area contributed by atoms with Crippen molar-refractivity contribution in [1.29, 1.82) is 0 Å². The van der Waals surface area contributed by atoms with E-state index >= 15 is 0 Å². The Kier molecular flexibility index (Phi) is 7.90. The van der Waals surface area contributed by atoms with Gasteiger partial charge in [-0.3, -0.25) is 14.4 Å². The molecule has 4 N–H and O–H groups in total. The van der Waals surface area contributed by atoms with E-state index in [9.17, 15) is 19.2 Å². The maximum atomic E-state index is 11.4. The summed E-state index contributed by atoms with van der Waals surface area (Å²) in [6.45, 7) is 1.86. The number of amides is 2. The predicted molar refractivity (Wildman–Crippen MR) is 63.9 cm³/mol. The minimum absolute atomic E-state index is 0.0875. The van der Waals surface area contributed by atoms with Crippen LogP contribution < -0.4 is 11.1 Å². The minimum Gasteiger partial charge on any atom is -0.480 e. The molecular weight excluding hydrogens is 256 g/mol. The summed E-state index contributed by atoms with van der Waals surface area (Å²) in [5.74, 6) is -3.02. The third-order valence-electron chi connectivity index (χ3n) is 2.17. The number of hydrogen-bond donors (Lipinski definition) is 3. The van der Waals surface area contributed by atoms with E-state index in [2.05, 4.69) is 10.1 Å². The highest BCUT2D eigenvalue weighted by Crippen LogP contribution is 2.00. The Morgan fingerprint density at radius 1 is 1.21 bits per heavy atom. The van der Waals surface area contributed by atoms with Crippen LogP contribution in [0.15, 0.2) is 0 Å². The highest BCUT2D eigenvalue weighted by molar-refractivity contribution is 5.86. The summed E-state index contributed by atoms with van der Waals surface area (Å²) < 4.78 is 4.63. The third kappa shape index (κ3) is 8.58. The molecule has 0 unspecified atom stereocenters. The molecule has 0 aromatic heterocycles. The van der Waals surface area contributed by atoms with Gasteiger partial charge in [0.15, 0.2) is 0 Å². The first-order valence-electron chi connectivity index (χ1n) is 5.82. The molecule has 0 fully saturated rings. The number of esters is 1. The van der Waals surface area contributed by atoms with Gasteiger partial charge in [0, 0.05) is 12.8 Å². The van der Waals surface area contributed by atoms with E-state index in [0.717, 1.165) is 0 Å². The van der Waals surface area contributed by atoms with Crippen LogP contribution in [0.4, 0.5) is 0 Å². The van der Waals surface area contributed by atoms with Crippen molar-refractivity contribution < 1.29 is 29.0 Å². The van der Waals surface area contributed by atoms with Gasteiger partial charge in [-0.15, -0.1) is 0 Å². The SMILES string of the molecule is CCOC(=O)CCC(=O)N[C@H](CCC(N)=O)C(=O)O. The van der Waals surface area contributed by atoms with Gasteiger partial charge in [-0.2, -0.15) is 0 Å². The van der Waals surface area contributed by atoms with Crippen molar-refractivity contribution in [2.24, 2.45) is 5.73 Å². The fourth-order valence-corrected chi connectivity index (χ4v) is 1.26. The van der Waals surface area contributed by atoms with Crippen LogP contribution in [0.3, 0.4) is 0 Å². The highest BCUT2D eigenvalue weighted by atomic mass is 16.5. The van der Waals surface area contributed by atoms with Gasteiger partial charge < -0.3 is 20.9 Å². The molecule has 8 nitrogen and oxygen atoms in total. The van der Waals surface area contributed by atoms with Gasteiger partial charge in [0.25, 0.3) is 0 Å². The molecule has 19 heavy (non-hydrogen) atoms. The first kappa shape index (κ1) is 16.9. The molecule has 0 heterocycles. The number of carboxylic acids is 1. The third-order valence-corrected chi connectivity index (χ3v) is 2.17. The molecule has 0 aliphatic rings. The lowest BCUT2D eigenvalue weighted by Crippen LogP contribution is -2.41. The fourth-order valence-electron chi connectivity index (χ4n) is 1.26. The van der Waals surface area contributed by atoms with Crippen molar-refractivity contribution in [1.82, 2.24) is 5.32 Å². The maximum Gasteiger partial charge on any atom is 0.326 e. The lowest BCUT2D eigenvalue weighted by molar-refractivity contribution is -0.145. The molecule has 0 spiro atoms. The number of nitrogens with two attached hydrogens (primary N) is 1. The minimum atomic E-state index is -1.26. The van der Waals surface area contributed by atoms with E-state index in [4.69, 9.17) is 10.8 Å². The Hall–Kier alpha value is -2.12. The second-order valence-corrected chi connectivity index (χ2v) is 3.77. The summed E-state index contributed by atoms with van der Waals surface area (Å²) >= 11 is 0. The standard InChI is InChI=1S/C11H18N2O6/c1-2-19-10(16)6-5-9(15)13-7(11(17)18)3-4-8(12)14/h7H,2-6H2,1H3,(H2,12,14)(H,13,15)(H,17,18)/t7-/m1/s1. The van der Waals surface area contributed by atoms with Crippen LogP contribution in [0.5, 0.6) is 0 Å². The topological polar surface area (TPSA) is 136 Å². The Morgan fingerprint density at radius 2 is 1.84 bits per heavy atom. The highest BCUT2D eigenvalue weighted by Gasteiger charge is 2.20. The number of carbonyl (C=O) groups excluding carboxylic acids is 3. The van der Waals surface area contributed by atoms with Crippen molar-refractivity contribution in [3.63, 3.8) is 0 Å². The summed E-state index contributed by atoms with van der Waals surface area (Å²) in [6, 6.07) is -1.19. The number of ether oxygens (including phenoxy) is 1. The zero-order valence-electron chi connectivity index (χ0n) is 10.7. The average Bonchev–Trinajstić information content (AvgIpc) is 2.31. The van der Waals surface area contributed by atoms with Crippen LogP contribution in [0.2, 0.25) is 0 Å². The summed E-state index contributed by atoms with van der Waals surface area (Å²) in [4.78, 5) is 43.8. The van der Waals surface area contributed by atoms with E-state index in [1.807, 2.05) is 0 Å². The predicted octanol–water partition coefficient (Wildman–Crippen LogP) is -0.835. The van der Waals surface area contributed by atoms with Crippen molar-refractivity contribution in [2.45, 2.75) is 38.6 Å². The Labute approximate surface area is 110 Å². The van der Waals surface area contributed by atoms with Gasteiger partial charge in [0.1, 0.15) is 6.04 Å². The van der Waals surface area contributed by atoms with E-state index in [1.165, 1.54) is 0 Å². The Balaban J connectivity index is 4.13. The number of nitrogens with one attached hydrogen (secondary N) is 1. The van der Waals surface area contributed by atoms with E-state index in [1.54, 1.807) is 6.92 Å². The summed E-state index contributed by atoms with van der Waals surface area (Å²) in [7, 11) is 0.